The van der Waals surface area contributed by atoms with E-state index in [4.69, 9.17) is 15.2 Å². The van der Waals surface area contributed by atoms with Crippen molar-refractivity contribution >= 4 is 40.3 Å². The number of para-hydroxylation sites is 1. The van der Waals surface area contributed by atoms with Crippen molar-refractivity contribution in [2.45, 2.75) is 26.8 Å². The number of rotatable bonds is 8. The van der Waals surface area contributed by atoms with Gasteiger partial charge in [0.1, 0.15) is 5.82 Å². The maximum Gasteiger partial charge on any atom is 0.219 e. The number of fused-ring (bicyclic) bond motifs is 1. The van der Waals surface area contributed by atoms with E-state index in [1.807, 2.05) is 19.1 Å². The van der Waals surface area contributed by atoms with Gasteiger partial charge in [-0.2, -0.15) is 5.10 Å². The van der Waals surface area contributed by atoms with E-state index < -0.39 is 17.4 Å². The minimum atomic E-state index is -0.843. The summed E-state index contributed by atoms with van der Waals surface area (Å²) in [5.74, 6) is -2.43. The summed E-state index contributed by atoms with van der Waals surface area (Å²) in [6.45, 7) is 8.11. The van der Waals surface area contributed by atoms with Crippen LogP contribution >= 0.6 is 12.1 Å². The van der Waals surface area contributed by atoms with Crippen molar-refractivity contribution in [1.29, 1.82) is 0 Å². The largest absolute Gasteiger partial charge is 0.433 e. The molecule has 0 unspecified atom stereocenters. The second-order valence-electron chi connectivity index (χ2n) is 10.3. The van der Waals surface area contributed by atoms with E-state index in [-0.39, 0.29) is 23.0 Å². The number of carbonyl (C=O) groups excluding carboxylic acids is 1. The van der Waals surface area contributed by atoms with Gasteiger partial charge < -0.3 is 24.9 Å². The number of aryl methyl sites for hydroxylation is 2. The molecule has 1 fully saturated rings. The minimum absolute atomic E-state index is 0.00707. The standard InChI is InChI=1S/C30H29F2N7O3S/c1-16-9-19-11-25(36-24(19)12-23(16)37-43-38-7-8-41-15-18(38)3)28(40)20-13-35-39(30(20)33)26-14-34-27(10-17(26)2)42-29-21(31)5-4-6-22(29)32/h4-6,9-14,18,36-37H,7-8,15,33H2,1-3H3/t18-/m1/s1. The first-order valence-corrected chi connectivity index (χ1v) is 14.3. The van der Waals surface area contributed by atoms with Gasteiger partial charge in [0.25, 0.3) is 0 Å². The van der Waals surface area contributed by atoms with E-state index in [0.717, 1.165) is 40.8 Å². The number of carbonyl (C=O) groups is 1. The Morgan fingerprint density at radius 3 is 2.70 bits per heavy atom. The molecule has 3 aromatic heterocycles. The molecule has 2 aromatic carbocycles. The Kier molecular flexibility index (Phi) is 7.77. The van der Waals surface area contributed by atoms with Gasteiger partial charge in [-0.15, -0.1) is 0 Å². The second-order valence-corrected chi connectivity index (χ2v) is 11.2. The maximum absolute atomic E-state index is 14.0. The Balaban J connectivity index is 1.21. The number of benzene rings is 2. The summed E-state index contributed by atoms with van der Waals surface area (Å²) in [6, 6.07) is 11.0. The van der Waals surface area contributed by atoms with Gasteiger partial charge in [-0.05, 0) is 62.2 Å². The fourth-order valence-corrected chi connectivity index (χ4v) is 5.68. The van der Waals surface area contributed by atoms with Gasteiger partial charge in [0.15, 0.2) is 11.6 Å². The van der Waals surface area contributed by atoms with Crippen LogP contribution in [0.2, 0.25) is 0 Å². The lowest BCUT2D eigenvalue weighted by molar-refractivity contribution is 0.0442. The Hall–Kier alpha value is -4.46. The van der Waals surface area contributed by atoms with Crippen LogP contribution in [-0.2, 0) is 4.74 Å². The first kappa shape index (κ1) is 28.6. The minimum Gasteiger partial charge on any atom is -0.433 e. The number of nitrogens with one attached hydrogen (secondary N) is 2. The first-order chi connectivity index (χ1) is 20.7. The fourth-order valence-electron chi connectivity index (χ4n) is 4.84. The molecule has 1 aliphatic rings. The molecule has 0 amide bonds. The molecule has 10 nitrogen and oxygen atoms in total. The topological polar surface area (TPSA) is 123 Å². The van der Waals surface area contributed by atoms with Crippen LogP contribution in [0.4, 0.5) is 20.3 Å². The van der Waals surface area contributed by atoms with E-state index in [1.54, 1.807) is 25.1 Å². The molecule has 5 aromatic rings. The van der Waals surface area contributed by atoms with Gasteiger partial charge in [-0.1, -0.05) is 6.07 Å². The Labute approximate surface area is 250 Å². The van der Waals surface area contributed by atoms with Crippen molar-refractivity contribution in [2.24, 2.45) is 0 Å². The summed E-state index contributed by atoms with van der Waals surface area (Å²) in [7, 11) is 0. The Bertz CT molecular complexity index is 1820. The van der Waals surface area contributed by atoms with Crippen LogP contribution in [-0.4, -0.2) is 55.6 Å². The molecule has 0 aliphatic carbocycles. The normalized spacial score (nSPS) is 15.6. The number of H-pyrrole nitrogens is 1. The summed E-state index contributed by atoms with van der Waals surface area (Å²) in [4.78, 5) is 20.9. The average molecular weight is 606 g/mol. The van der Waals surface area contributed by atoms with Crippen LogP contribution in [0.1, 0.15) is 34.1 Å². The van der Waals surface area contributed by atoms with Crippen molar-refractivity contribution in [3.8, 4) is 17.3 Å². The summed E-state index contributed by atoms with van der Waals surface area (Å²) < 4.78 is 45.9. The lowest BCUT2D eigenvalue weighted by Gasteiger charge is -2.31. The molecule has 6 rings (SSSR count). The van der Waals surface area contributed by atoms with E-state index >= 15 is 0 Å². The van der Waals surface area contributed by atoms with Crippen LogP contribution in [0.15, 0.2) is 54.9 Å². The number of pyridine rings is 1. The van der Waals surface area contributed by atoms with Crippen molar-refractivity contribution in [1.82, 2.24) is 24.1 Å². The average Bonchev–Trinajstić information content (AvgIpc) is 3.57. The molecule has 4 heterocycles. The van der Waals surface area contributed by atoms with Gasteiger partial charge >= 0.3 is 0 Å². The van der Waals surface area contributed by atoms with Gasteiger partial charge in [0.05, 0.1) is 48.2 Å². The van der Waals surface area contributed by atoms with Crippen molar-refractivity contribution in [2.75, 3.05) is 30.2 Å². The van der Waals surface area contributed by atoms with Crippen LogP contribution in [0, 0.1) is 25.5 Å². The number of nitrogens with zero attached hydrogens (tertiary/aromatic N) is 4. The SMILES string of the molecule is Cc1cc2cc(C(=O)c3cnn(-c4cnc(Oc5c(F)cccc5F)cc4C)c3N)[nH]c2cc1NSN1CCOC[C@H]1C. The molecule has 4 N–H and O–H groups in total. The molecule has 1 saturated heterocycles. The third-order valence-corrected chi connectivity index (χ3v) is 8.34. The van der Waals surface area contributed by atoms with Crippen molar-refractivity contribution in [3.63, 3.8) is 0 Å². The quantitative estimate of drug-likeness (QED) is 0.146. The predicted octanol–water partition coefficient (Wildman–Crippen LogP) is 5.94. The number of aromatic nitrogens is 4. The van der Waals surface area contributed by atoms with Crippen LogP contribution in [0.5, 0.6) is 11.6 Å². The Morgan fingerprint density at radius 2 is 1.95 bits per heavy atom. The van der Waals surface area contributed by atoms with Gasteiger partial charge in [0, 0.05) is 41.7 Å². The summed E-state index contributed by atoms with van der Waals surface area (Å²) >= 11 is 1.55. The van der Waals surface area contributed by atoms with Gasteiger partial charge in [0.2, 0.25) is 17.4 Å². The highest BCUT2D eigenvalue weighted by Gasteiger charge is 2.22. The molecule has 0 radical (unpaired) electrons. The third-order valence-electron chi connectivity index (χ3n) is 7.25. The smallest absolute Gasteiger partial charge is 0.219 e. The molecule has 1 aliphatic heterocycles. The highest BCUT2D eigenvalue weighted by molar-refractivity contribution is 7.98. The van der Waals surface area contributed by atoms with Crippen molar-refractivity contribution < 1.29 is 23.0 Å². The van der Waals surface area contributed by atoms with Crippen molar-refractivity contribution in [3.05, 3.63) is 88.9 Å². The zero-order chi connectivity index (χ0) is 30.2. The number of hydrogen-bond acceptors (Lipinski definition) is 9. The molecule has 1 atom stereocenters. The predicted molar refractivity (Wildman–Crippen MR) is 162 cm³/mol. The lowest BCUT2D eigenvalue weighted by Crippen LogP contribution is -2.39. The number of ketones is 1. The third kappa shape index (κ3) is 5.66. The number of halogens is 2. The summed E-state index contributed by atoms with van der Waals surface area (Å²) in [5, 5.41) is 5.21. The fraction of sp³-hybridized carbons (Fsp3) is 0.233. The summed E-state index contributed by atoms with van der Waals surface area (Å²) in [6.07, 6.45) is 2.82. The van der Waals surface area contributed by atoms with E-state index in [0.29, 0.717) is 36.2 Å². The molecule has 0 saturated carbocycles. The van der Waals surface area contributed by atoms with E-state index in [2.05, 4.69) is 31.0 Å². The highest BCUT2D eigenvalue weighted by Crippen LogP contribution is 2.31. The maximum atomic E-state index is 14.0. The molecule has 0 bridgehead atoms. The van der Waals surface area contributed by atoms with Gasteiger partial charge in [-0.25, -0.2) is 22.8 Å². The number of nitrogens with two attached hydrogens (primary N) is 1. The van der Waals surface area contributed by atoms with Crippen LogP contribution < -0.4 is 15.2 Å². The monoisotopic (exact) mass is 605 g/mol. The zero-order valence-electron chi connectivity index (χ0n) is 23.6. The van der Waals surface area contributed by atoms with Crippen LogP contribution in [0.25, 0.3) is 16.6 Å². The zero-order valence-corrected chi connectivity index (χ0v) is 24.5. The number of morpholine rings is 1. The van der Waals surface area contributed by atoms with Gasteiger partial charge in [-0.3, -0.25) is 4.79 Å². The number of ether oxygens (including phenoxy) is 2. The van der Waals surface area contributed by atoms with E-state index in [1.165, 1.54) is 29.2 Å². The van der Waals surface area contributed by atoms with Crippen LogP contribution in [0.3, 0.4) is 0 Å². The Morgan fingerprint density at radius 1 is 1.16 bits per heavy atom. The molecular formula is C30H29F2N7O3S. The molecule has 222 valence electrons. The molecule has 43 heavy (non-hydrogen) atoms. The second kappa shape index (κ2) is 11.7. The highest BCUT2D eigenvalue weighted by atomic mass is 32.2. The first-order valence-electron chi connectivity index (χ1n) is 13.6. The number of hydrogen-bond donors (Lipinski definition) is 3. The molecule has 0 spiro atoms. The van der Waals surface area contributed by atoms with E-state index in [9.17, 15) is 13.6 Å². The molecular weight excluding hydrogens is 576 g/mol. The summed E-state index contributed by atoms with van der Waals surface area (Å²) in [5.41, 5.74) is 10.9. The number of anilines is 2. The number of nitrogen functional groups attached to an aromatic ring is 1. The molecule has 13 heteroatoms. The lowest BCUT2D eigenvalue weighted by atomic mass is 10.1. The number of aromatic amines is 1.